The summed E-state index contributed by atoms with van der Waals surface area (Å²) in [7, 11) is 0. The molecule has 7 nitrogen and oxygen atoms in total. The Hall–Kier alpha value is -2.57. The van der Waals surface area contributed by atoms with Crippen molar-refractivity contribution < 1.29 is 0 Å². The molecule has 0 radical (unpaired) electrons. The highest BCUT2D eigenvalue weighted by molar-refractivity contribution is 5.70. The van der Waals surface area contributed by atoms with Crippen LogP contribution in [0.3, 0.4) is 0 Å². The SMILES string of the molecule is Nc1nc2c(c(=O)[nH]1)NCN2Cc1ccccn1. The fourth-order valence-electron chi connectivity index (χ4n) is 1.93. The molecular formula is C11H12N6O. The molecule has 0 fully saturated rings. The minimum atomic E-state index is -0.249. The molecule has 0 saturated carbocycles. The third-order valence-corrected chi connectivity index (χ3v) is 2.74. The molecule has 0 aromatic carbocycles. The number of pyridine rings is 1. The van der Waals surface area contributed by atoms with E-state index in [0.717, 1.165) is 5.69 Å². The Bertz CT molecular complexity index is 623. The molecule has 1 aliphatic rings. The van der Waals surface area contributed by atoms with Crippen LogP contribution in [-0.2, 0) is 6.54 Å². The number of fused-ring (bicyclic) bond motifs is 1. The van der Waals surface area contributed by atoms with Gasteiger partial charge >= 0.3 is 0 Å². The summed E-state index contributed by atoms with van der Waals surface area (Å²) in [6.07, 6.45) is 1.74. The second-order valence-corrected chi connectivity index (χ2v) is 4.00. The smallest absolute Gasteiger partial charge is 0.277 e. The van der Waals surface area contributed by atoms with Gasteiger partial charge in [-0.1, -0.05) is 6.07 Å². The average Bonchev–Trinajstić information content (AvgIpc) is 2.74. The number of hydrogen-bond donors (Lipinski definition) is 3. The number of nitrogens with two attached hydrogens (primary N) is 1. The Balaban J connectivity index is 1.93. The van der Waals surface area contributed by atoms with Gasteiger partial charge in [0.25, 0.3) is 5.56 Å². The van der Waals surface area contributed by atoms with E-state index in [0.29, 0.717) is 24.7 Å². The highest BCUT2D eigenvalue weighted by Gasteiger charge is 2.23. The first-order valence-electron chi connectivity index (χ1n) is 5.52. The summed E-state index contributed by atoms with van der Waals surface area (Å²) in [6, 6.07) is 5.71. The van der Waals surface area contributed by atoms with E-state index < -0.39 is 0 Å². The lowest BCUT2D eigenvalue weighted by Gasteiger charge is -2.16. The van der Waals surface area contributed by atoms with Gasteiger partial charge in [0.05, 0.1) is 18.9 Å². The number of H-pyrrole nitrogens is 1. The van der Waals surface area contributed by atoms with E-state index in [-0.39, 0.29) is 11.5 Å². The van der Waals surface area contributed by atoms with Gasteiger partial charge in [-0.2, -0.15) is 4.98 Å². The molecule has 1 aliphatic heterocycles. The van der Waals surface area contributed by atoms with Crippen LogP contribution in [0.15, 0.2) is 29.2 Å². The van der Waals surface area contributed by atoms with Crippen LogP contribution in [0, 0.1) is 0 Å². The van der Waals surface area contributed by atoms with Crippen LogP contribution >= 0.6 is 0 Å². The normalized spacial score (nSPS) is 13.2. The molecule has 92 valence electrons. The predicted molar refractivity (Wildman–Crippen MR) is 68.2 cm³/mol. The van der Waals surface area contributed by atoms with Crippen molar-refractivity contribution in [1.82, 2.24) is 15.0 Å². The molecule has 0 unspecified atom stereocenters. The molecule has 3 rings (SSSR count). The van der Waals surface area contributed by atoms with Crippen molar-refractivity contribution >= 4 is 17.5 Å². The number of aromatic amines is 1. The summed E-state index contributed by atoms with van der Waals surface area (Å²) in [6.45, 7) is 1.10. The Morgan fingerprint density at radius 2 is 2.33 bits per heavy atom. The zero-order chi connectivity index (χ0) is 12.5. The molecule has 2 aromatic rings. The molecule has 0 bridgehead atoms. The lowest BCUT2D eigenvalue weighted by molar-refractivity contribution is 0.830. The van der Waals surface area contributed by atoms with Crippen molar-refractivity contribution in [3.8, 4) is 0 Å². The van der Waals surface area contributed by atoms with Gasteiger partial charge in [-0.15, -0.1) is 0 Å². The van der Waals surface area contributed by atoms with Gasteiger partial charge in [-0.3, -0.25) is 14.8 Å². The lowest BCUT2D eigenvalue weighted by Crippen LogP contribution is -2.23. The number of anilines is 3. The quantitative estimate of drug-likeness (QED) is 0.694. The van der Waals surface area contributed by atoms with Crippen LogP contribution in [0.1, 0.15) is 5.69 Å². The molecule has 18 heavy (non-hydrogen) atoms. The number of hydrogen-bond acceptors (Lipinski definition) is 6. The molecule has 0 spiro atoms. The Kier molecular flexibility index (Phi) is 2.36. The summed E-state index contributed by atoms with van der Waals surface area (Å²) < 4.78 is 0. The second kappa shape index (κ2) is 4.02. The molecule has 2 aromatic heterocycles. The van der Waals surface area contributed by atoms with E-state index in [9.17, 15) is 4.79 Å². The molecule has 0 aliphatic carbocycles. The standard InChI is InChI=1S/C11H12N6O/c12-11-15-9-8(10(18)16-11)14-6-17(9)5-7-3-1-2-4-13-7/h1-4,14H,5-6H2,(H3,12,15,16,18). The van der Waals surface area contributed by atoms with Crippen molar-refractivity contribution in [2.45, 2.75) is 6.54 Å². The van der Waals surface area contributed by atoms with Gasteiger partial charge < -0.3 is 16.0 Å². The molecule has 0 amide bonds. The zero-order valence-corrected chi connectivity index (χ0v) is 9.55. The minimum Gasteiger partial charge on any atom is -0.369 e. The van der Waals surface area contributed by atoms with E-state index in [1.165, 1.54) is 0 Å². The largest absolute Gasteiger partial charge is 0.369 e. The van der Waals surface area contributed by atoms with E-state index in [1.807, 2.05) is 23.1 Å². The number of aromatic nitrogens is 3. The number of rotatable bonds is 2. The Morgan fingerprint density at radius 1 is 1.44 bits per heavy atom. The Morgan fingerprint density at radius 3 is 3.11 bits per heavy atom. The van der Waals surface area contributed by atoms with Crippen molar-refractivity contribution in [2.75, 3.05) is 22.6 Å². The summed E-state index contributed by atoms with van der Waals surface area (Å²) in [5.41, 5.74) is 6.67. The molecule has 0 saturated heterocycles. The monoisotopic (exact) mass is 244 g/mol. The van der Waals surface area contributed by atoms with Crippen molar-refractivity contribution in [2.24, 2.45) is 0 Å². The van der Waals surface area contributed by atoms with Crippen LogP contribution < -0.4 is 21.5 Å². The topological polar surface area (TPSA) is 99.9 Å². The zero-order valence-electron chi connectivity index (χ0n) is 9.55. The highest BCUT2D eigenvalue weighted by atomic mass is 16.1. The van der Waals surface area contributed by atoms with Gasteiger partial charge in [0.1, 0.15) is 5.69 Å². The van der Waals surface area contributed by atoms with Gasteiger partial charge in [0.2, 0.25) is 5.95 Å². The molecule has 3 heterocycles. The summed E-state index contributed by atoms with van der Waals surface area (Å²) in [5, 5.41) is 3.00. The number of nitrogen functional groups attached to an aromatic ring is 1. The van der Waals surface area contributed by atoms with E-state index in [2.05, 4.69) is 20.3 Å². The van der Waals surface area contributed by atoms with Crippen molar-refractivity contribution in [1.29, 1.82) is 0 Å². The van der Waals surface area contributed by atoms with Gasteiger partial charge in [0, 0.05) is 6.20 Å². The van der Waals surface area contributed by atoms with Crippen LogP contribution in [0.5, 0.6) is 0 Å². The van der Waals surface area contributed by atoms with Crippen LogP contribution in [-0.4, -0.2) is 21.6 Å². The van der Waals surface area contributed by atoms with E-state index >= 15 is 0 Å². The van der Waals surface area contributed by atoms with Crippen LogP contribution in [0.2, 0.25) is 0 Å². The van der Waals surface area contributed by atoms with Crippen LogP contribution in [0.25, 0.3) is 0 Å². The maximum Gasteiger partial charge on any atom is 0.277 e. The third-order valence-electron chi connectivity index (χ3n) is 2.74. The fraction of sp³-hybridized carbons (Fsp3) is 0.182. The molecule has 0 atom stereocenters. The molecule has 7 heteroatoms. The summed E-state index contributed by atoms with van der Waals surface area (Å²) in [4.78, 5) is 24.4. The number of nitrogens with zero attached hydrogens (tertiary/aromatic N) is 3. The maximum absolute atomic E-state index is 11.6. The van der Waals surface area contributed by atoms with E-state index in [4.69, 9.17) is 5.73 Å². The van der Waals surface area contributed by atoms with Gasteiger partial charge in [0.15, 0.2) is 5.82 Å². The van der Waals surface area contributed by atoms with Crippen LogP contribution in [0.4, 0.5) is 17.5 Å². The molecule has 4 N–H and O–H groups in total. The third kappa shape index (κ3) is 1.75. The number of nitrogens with one attached hydrogen (secondary N) is 2. The first-order chi connectivity index (χ1) is 8.74. The molecular weight excluding hydrogens is 232 g/mol. The van der Waals surface area contributed by atoms with Crippen molar-refractivity contribution in [3.63, 3.8) is 0 Å². The average molecular weight is 244 g/mol. The first kappa shape index (κ1) is 10.6. The van der Waals surface area contributed by atoms with Gasteiger partial charge in [-0.25, -0.2) is 0 Å². The summed E-state index contributed by atoms with van der Waals surface area (Å²) >= 11 is 0. The minimum absolute atomic E-state index is 0.119. The van der Waals surface area contributed by atoms with E-state index in [1.54, 1.807) is 6.20 Å². The maximum atomic E-state index is 11.6. The summed E-state index contributed by atoms with van der Waals surface area (Å²) in [5.74, 6) is 0.690. The second-order valence-electron chi connectivity index (χ2n) is 4.00. The van der Waals surface area contributed by atoms with Crippen molar-refractivity contribution in [3.05, 3.63) is 40.4 Å². The lowest BCUT2D eigenvalue weighted by atomic mass is 10.3. The first-order valence-corrected chi connectivity index (χ1v) is 5.52. The van der Waals surface area contributed by atoms with Gasteiger partial charge in [-0.05, 0) is 12.1 Å². The fourth-order valence-corrected chi connectivity index (χ4v) is 1.93. The highest BCUT2D eigenvalue weighted by Crippen LogP contribution is 2.26. The predicted octanol–water partition coefficient (Wildman–Crippen LogP) is 0.137. The Labute approximate surface area is 103 Å².